The first-order valence-electron chi connectivity index (χ1n) is 6.15. The third-order valence-electron chi connectivity index (χ3n) is 3.37. The van der Waals surface area contributed by atoms with Gasteiger partial charge in [-0.25, -0.2) is 4.39 Å². The second-order valence-corrected chi connectivity index (χ2v) is 4.57. The Morgan fingerprint density at radius 1 is 1.41 bits per heavy atom. The molecule has 0 spiro atoms. The van der Waals surface area contributed by atoms with Crippen molar-refractivity contribution in [3.8, 4) is 0 Å². The molecular weight excluding hydrogens is 219 g/mol. The SMILES string of the molecule is Nc1ccc(N2CCCCC2CCO)c(F)c1. The van der Waals surface area contributed by atoms with E-state index in [9.17, 15) is 4.39 Å². The van der Waals surface area contributed by atoms with E-state index in [2.05, 4.69) is 4.90 Å². The molecule has 1 aliphatic heterocycles. The van der Waals surface area contributed by atoms with E-state index in [1.165, 1.54) is 6.07 Å². The zero-order valence-corrected chi connectivity index (χ0v) is 9.90. The van der Waals surface area contributed by atoms with Crippen LogP contribution in [0, 0.1) is 5.82 Å². The molecule has 1 atom stereocenters. The molecule has 4 heteroatoms. The number of nitrogens with zero attached hydrogens (tertiary/aromatic N) is 1. The number of anilines is 2. The fourth-order valence-corrected chi connectivity index (χ4v) is 2.52. The monoisotopic (exact) mass is 238 g/mol. The minimum absolute atomic E-state index is 0.151. The third kappa shape index (κ3) is 2.69. The molecule has 0 amide bonds. The second-order valence-electron chi connectivity index (χ2n) is 4.57. The number of aliphatic hydroxyl groups excluding tert-OH is 1. The zero-order chi connectivity index (χ0) is 12.3. The highest BCUT2D eigenvalue weighted by molar-refractivity contribution is 5.55. The van der Waals surface area contributed by atoms with Gasteiger partial charge in [0.25, 0.3) is 0 Å². The molecule has 0 radical (unpaired) electrons. The van der Waals surface area contributed by atoms with Crippen molar-refractivity contribution < 1.29 is 9.50 Å². The topological polar surface area (TPSA) is 49.5 Å². The minimum Gasteiger partial charge on any atom is -0.399 e. The van der Waals surface area contributed by atoms with Gasteiger partial charge in [-0.1, -0.05) is 0 Å². The van der Waals surface area contributed by atoms with E-state index in [4.69, 9.17) is 10.8 Å². The number of hydrogen-bond acceptors (Lipinski definition) is 3. The summed E-state index contributed by atoms with van der Waals surface area (Å²) in [6, 6.07) is 5.07. The van der Waals surface area contributed by atoms with Gasteiger partial charge in [-0.05, 0) is 43.9 Å². The highest BCUT2D eigenvalue weighted by atomic mass is 19.1. The van der Waals surface area contributed by atoms with Crippen molar-refractivity contribution in [2.45, 2.75) is 31.7 Å². The summed E-state index contributed by atoms with van der Waals surface area (Å²) in [6.45, 7) is 1.00. The summed E-state index contributed by atoms with van der Waals surface area (Å²) >= 11 is 0. The van der Waals surface area contributed by atoms with Crippen LogP contribution in [0.2, 0.25) is 0 Å². The van der Waals surface area contributed by atoms with E-state index in [0.29, 0.717) is 17.8 Å². The summed E-state index contributed by atoms with van der Waals surface area (Å²) in [6.07, 6.45) is 3.94. The lowest BCUT2D eigenvalue weighted by molar-refractivity contribution is 0.262. The van der Waals surface area contributed by atoms with E-state index in [1.807, 2.05) is 0 Å². The Morgan fingerprint density at radius 3 is 2.94 bits per heavy atom. The maximum Gasteiger partial charge on any atom is 0.148 e. The number of piperidine rings is 1. The largest absolute Gasteiger partial charge is 0.399 e. The molecular formula is C13H19FN2O. The van der Waals surface area contributed by atoms with Gasteiger partial charge in [-0.3, -0.25) is 0 Å². The van der Waals surface area contributed by atoms with Crippen molar-refractivity contribution in [1.29, 1.82) is 0 Å². The smallest absolute Gasteiger partial charge is 0.148 e. The minimum atomic E-state index is -0.269. The predicted octanol–water partition coefficient (Wildman–Crippen LogP) is 2.15. The Morgan fingerprint density at radius 2 is 2.24 bits per heavy atom. The number of rotatable bonds is 3. The Labute approximate surface area is 101 Å². The first-order chi connectivity index (χ1) is 8.22. The van der Waals surface area contributed by atoms with Crippen molar-refractivity contribution in [1.82, 2.24) is 0 Å². The van der Waals surface area contributed by atoms with Gasteiger partial charge in [0.05, 0.1) is 5.69 Å². The zero-order valence-electron chi connectivity index (χ0n) is 9.90. The normalized spacial score (nSPS) is 20.6. The van der Waals surface area contributed by atoms with Gasteiger partial charge < -0.3 is 15.7 Å². The highest BCUT2D eigenvalue weighted by Gasteiger charge is 2.24. The van der Waals surface area contributed by atoms with Crippen LogP contribution in [0.25, 0.3) is 0 Å². The first kappa shape index (κ1) is 12.2. The number of halogens is 1. The number of benzene rings is 1. The van der Waals surface area contributed by atoms with Crippen molar-refractivity contribution in [3.63, 3.8) is 0 Å². The van der Waals surface area contributed by atoms with Crippen LogP contribution in [-0.2, 0) is 0 Å². The lowest BCUT2D eigenvalue weighted by atomic mass is 9.98. The van der Waals surface area contributed by atoms with Crippen LogP contribution in [0.1, 0.15) is 25.7 Å². The average Bonchev–Trinajstić information content (AvgIpc) is 2.31. The highest BCUT2D eigenvalue weighted by Crippen LogP contribution is 2.29. The molecule has 1 heterocycles. The van der Waals surface area contributed by atoms with E-state index in [1.54, 1.807) is 12.1 Å². The molecule has 94 valence electrons. The van der Waals surface area contributed by atoms with Gasteiger partial charge in [0, 0.05) is 24.9 Å². The van der Waals surface area contributed by atoms with E-state index in [0.717, 1.165) is 25.8 Å². The average molecular weight is 238 g/mol. The van der Waals surface area contributed by atoms with Crippen LogP contribution >= 0.6 is 0 Å². The van der Waals surface area contributed by atoms with Crippen LogP contribution in [0.4, 0.5) is 15.8 Å². The molecule has 0 aliphatic carbocycles. The molecule has 1 unspecified atom stereocenters. The number of aliphatic hydroxyl groups is 1. The molecule has 0 bridgehead atoms. The van der Waals surface area contributed by atoms with Gasteiger partial charge in [0.1, 0.15) is 5.82 Å². The summed E-state index contributed by atoms with van der Waals surface area (Å²) < 4.78 is 13.9. The van der Waals surface area contributed by atoms with E-state index < -0.39 is 0 Å². The van der Waals surface area contributed by atoms with E-state index in [-0.39, 0.29) is 18.5 Å². The molecule has 1 fully saturated rings. The number of hydrogen-bond donors (Lipinski definition) is 2. The van der Waals surface area contributed by atoms with Gasteiger partial charge in [0.2, 0.25) is 0 Å². The molecule has 3 N–H and O–H groups in total. The van der Waals surface area contributed by atoms with Gasteiger partial charge in [0.15, 0.2) is 0 Å². The molecule has 1 aliphatic rings. The van der Waals surface area contributed by atoms with Crippen molar-refractivity contribution >= 4 is 11.4 Å². The fraction of sp³-hybridized carbons (Fsp3) is 0.538. The lowest BCUT2D eigenvalue weighted by Gasteiger charge is -2.37. The van der Waals surface area contributed by atoms with E-state index >= 15 is 0 Å². The van der Waals surface area contributed by atoms with Gasteiger partial charge >= 0.3 is 0 Å². The molecule has 2 rings (SSSR count). The summed E-state index contributed by atoms with van der Waals surface area (Å²) in [5, 5.41) is 9.06. The Hall–Kier alpha value is -1.29. The van der Waals surface area contributed by atoms with Crippen molar-refractivity contribution in [3.05, 3.63) is 24.0 Å². The van der Waals surface area contributed by atoms with Crippen molar-refractivity contribution in [2.24, 2.45) is 0 Å². The molecule has 1 aromatic rings. The first-order valence-corrected chi connectivity index (χ1v) is 6.15. The maximum atomic E-state index is 13.9. The molecule has 1 aromatic carbocycles. The summed E-state index contributed by atoms with van der Waals surface area (Å²) in [5.41, 5.74) is 6.61. The maximum absolute atomic E-state index is 13.9. The summed E-state index contributed by atoms with van der Waals surface area (Å²) in [4.78, 5) is 2.06. The van der Waals surface area contributed by atoms with Gasteiger partial charge in [-0.15, -0.1) is 0 Å². The lowest BCUT2D eigenvalue weighted by Crippen LogP contribution is -2.40. The number of nitrogens with two attached hydrogens (primary N) is 1. The number of nitrogen functional groups attached to an aromatic ring is 1. The second kappa shape index (κ2) is 5.36. The molecule has 3 nitrogen and oxygen atoms in total. The van der Waals surface area contributed by atoms with Crippen LogP contribution in [-0.4, -0.2) is 24.3 Å². The van der Waals surface area contributed by atoms with Gasteiger partial charge in [-0.2, -0.15) is 0 Å². The molecule has 17 heavy (non-hydrogen) atoms. The third-order valence-corrected chi connectivity index (χ3v) is 3.37. The van der Waals surface area contributed by atoms with Crippen LogP contribution in [0.3, 0.4) is 0 Å². The van der Waals surface area contributed by atoms with Crippen LogP contribution in [0.15, 0.2) is 18.2 Å². The molecule has 0 saturated carbocycles. The fourth-order valence-electron chi connectivity index (χ4n) is 2.52. The summed E-state index contributed by atoms with van der Waals surface area (Å²) in [7, 11) is 0. The standard InChI is InChI=1S/C13H19FN2O/c14-12-9-10(15)4-5-13(12)16-7-2-1-3-11(16)6-8-17/h4-5,9,11,17H,1-3,6-8,15H2. The Balaban J connectivity index is 2.23. The quantitative estimate of drug-likeness (QED) is 0.793. The van der Waals surface area contributed by atoms with Crippen LogP contribution in [0.5, 0.6) is 0 Å². The van der Waals surface area contributed by atoms with Crippen molar-refractivity contribution in [2.75, 3.05) is 23.8 Å². The Bertz CT molecular complexity index is 382. The molecule has 1 saturated heterocycles. The Kier molecular flexibility index (Phi) is 3.84. The van der Waals surface area contributed by atoms with Crippen LogP contribution < -0.4 is 10.6 Å². The summed E-state index contributed by atoms with van der Waals surface area (Å²) in [5.74, 6) is -0.269. The molecule has 0 aromatic heterocycles. The predicted molar refractivity (Wildman–Crippen MR) is 67.5 cm³/mol.